The van der Waals surface area contributed by atoms with E-state index in [-0.39, 0.29) is 5.91 Å². The van der Waals surface area contributed by atoms with Gasteiger partial charge in [0.2, 0.25) is 0 Å². The molecule has 0 N–H and O–H groups in total. The van der Waals surface area contributed by atoms with Gasteiger partial charge in [-0.1, -0.05) is 6.07 Å². The molecule has 0 aliphatic rings. The van der Waals surface area contributed by atoms with Crippen LogP contribution < -0.4 is 14.2 Å². The van der Waals surface area contributed by atoms with Crippen molar-refractivity contribution in [1.29, 1.82) is 0 Å². The van der Waals surface area contributed by atoms with E-state index in [2.05, 4.69) is 0 Å². The largest absolute Gasteiger partial charge is 0.497 e. The van der Waals surface area contributed by atoms with Crippen molar-refractivity contribution < 1.29 is 19.0 Å². The van der Waals surface area contributed by atoms with Gasteiger partial charge in [0, 0.05) is 30.8 Å². The summed E-state index contributed by atoms with van der Waals surface area (Å²) in [5.41, 5.74) is 1.49. The van der Waals surface area contributed by atoms with Crippen LogP contribution in [0.2, 0.25) is 0 Å². The standard InChI is InChI=1S/C18H21NO4/c1-19(18(20)13-6-5-7-15(10-13)21-2)12-14-8-9-16(22-3)11-17(14)23-4/h5-11H,12H2,1-4H3. The Morgan fingerprint density at radius 1 is 0.957 bits per heavy atom. The van der Waals surface area contributed by atoms with E-state index >= 15 is 0 Å². The van der Waals surface area contributed by atoms with Gasteiger partial charge in [-0.05, 0) is 30.3 Å². The van der Waals surface area contributed by atoms with Crippen molar-refractivity contribution in [3.05, 3.63) is 53.6 Å². The zero-order chi connectivity index (χ0) is 16.8. The van der Waals surface area contributed by atoms with Gasteiger partial charge >= 0.3 is 0 Å². The van der Waals surface area contributed by atoms with Crippen LogP contribution >= 0.6 is 0 Å². The van der Waals surface area contributed by atoms with E-state index in [1.54, 1.807) is 57.5 Å². The van der Waals surface area contributed by atoms with E-state index in [1.807, 2.05) is 18.2 Å². The van der Waals surface area contributed by atoms with Gasteiger partial charge in [-0.3, -0.25) is 4.79 Å². The minimum atomic E-state index is -0.0817. The lowest BCUT2D eigenvalue weighted by Crippen LogP contribution is -2.26. The second-order valence-corrected chi connectivity index (χ2v) is 5.07. The summed E-state index contributed by atoms with van der Waals surface area (Å²) in [7, 11) is 6.54. The summed E-state index contributed by atoms with van der Waals surface area (Å²) in [5.74, 6) is 1.98. The van der Waals surface area contributed by atoms with Gasteiger partial charge in [0.25, 0.3) is 5.91 Å². The molecule has 0 saturated heterocycles. The van der Waals surface area contributed by atoms with E-state index in [1.165, 1.54) is 0 Å². The number of rotatable bonds is 6. The van der Waals surface area contributed by atoms with Crippen LogP contribution in [0.3, 0.4) is 0 Å². The Morgan fingerprint density at radius 2 is 1.65 bits per heavy atom. The highest BCUT2D eigenvalue weighted by Crippen LogP contribution is 2.26. The average Bonchev–Trinajstić information content (AvgIpc) is 2.61. The van der Waals surface area contributed by atoms with Crippen molar-refractivity contribution in [3.63, 3.8) is 0 Å². The van der Waals surface area contributed by atoms with Crippen molar-refractivity contribution in [2.45, 2.75) is 6.54 Å². The number of methoxy groups -OCH3 is 3. The third kappa shape index (κ3) is 3.94. The van der Waals surface area contributed by atoms with Gasteiger partial charge in [-0.25, -0.2) is 0 Å². The molecule has 2 aromatic carbocycles. The van der Waals surface area contributed by atoms with Crippen LogP contribution in [0.4, 0.5) is 0 Å². The van der Waals surface area contributed by atoms with Crippen LogP contribution in [0.1, 0.15) is 15.9 Å². The minimum Gasteiger partial charge on any atom is -0.497 e. The summed E-state index contributed by atoms with van der Waals surface area (Å²) in [6.07, 6.45) is 0. The lowest BCUT2D eigenvalue weighted by Gasteiger charge is -2.19. The Bertz CT molecular complexity index is 684. The first-order chi connectivity index (χ1) is 11.1. The summed E-state index contributed by atoms with van der Waals surface area (Å²) in [6, 6.07) is 12.7. The maximum atomic E-state index is 12.5. The van der Waals surface area contributed by atoms with Gasteiger partial charge in [-0.2, -0.15) is 0 Å². The second-order valence-electron chi connectivity index (χ2n) is 5.07. The van der Waals surface area contributed by atoms with Crippen LogP contribution in [0.25, 0.3) is 0 Å². The Morgan fingerprint density at radius 3 is 2.30 bits per heavy atom. The van der Waals surface area contributed by atoms with Crippen LogP contribution in [-0.4, -0.2) is 39.2 Å². The molecular weight excluding hydrogens is 294 g/mol. The van der Waals surface area contributed by atoms with Crippen LogP contribution in [0.5, 0.6) is 17.2 Å². The van der Waals surface area contributed by atoms with Crippen LogP contribution in [0, 0.1) is 0 Å². The highest BCUT2D eigenvalue weighted by molar-refractivity contribution is 5.94. The van der Waals surface area contributed by atoms with Crippen LogP contribution in [0.15, 0.2) is 42.5 Å². The number of ether oxygens (including phenoxy) is 3. The van der Waals surface area contributed by atoms with Crippen molar-refractivity contribution in [2.24, 2.45) is 0 Å². The van der Waals surface area contributed by atoms with Crippen molar-refractivity contribution in [3.8, 4) is 17.2 Å². The summed E-state index contributed by atoms with van der Waals surface area (Å²) >= 11 is 0. The molecule has 0 aliphatic carbocycles. The number of amides is 1. The molecule has 0 radical (unpaired) electrons. The smallest absolute Gasteiger partial charge is 0.254 e. The number of hydrogen-bond acceptors (Lipinski definition) is 4. The third-order valence-corrected chi connectivity index (χ3v) is 3.57. The molecule has 0 aliphatic heterocycles. The van der Waals surface area contributed by atoms with Gasteiger partial charge in [-0.15, -0.1) is 0 Å². The van der Waals surface area contributed by atoms with Crippen molar-refractivity contribution >= 4 is 5.91 Å². The topological polar surface area (TPSA) is 48.0 Å². The monoisotopic (exact) mass is 315 g/mol. The fraction of sp³-hybridized carbons (Fsp3) is 0.278. The summed E-state index contributed by atoms with van der Waals surface area (Å²) in [6.45, 7) is 0.434. The molecule has 2 aromatic rings. The molecule has 0 heterocycles. The molecule has 0 unspecified atom stereocenters. The molecule has 0 fully saturated rings. The molecule has 0 atom stereocenters. The molecule has 0 saturated carbocycles. The average molecular weight is 315 g/mol. The lowest BCUT2D eigenvalue weighted by atomic mass is 10.1. The first-order valence-corrected chi connectivity index (χ1v) is 7.19. The lowest BCUT2D eigenvalue weighted by molar-refractivity contribution is 0.0784. The molecule has 0 aromatic heterocycles. The van der Waals surface area contributed by atoms with E-state index in [0.29, 0.717) is 29.4 Å². The predicted molar refractivity (Wildman–Crippen MR) is 88.3 cm³/mol. The SMILES string of the molecule is COc1cccc(C(=O)N(C)Cc2ccc(OC)cc2OC)c1. The summed E-state index contributed by atoms with van der Waals surface area (Å²) in [4.78, 5) is 14.2. The molecular formula is C18H21NO4. The van der Waals surface area contributed by atoms with Gasteiger partial charge < -0.3 is 19.1 Å². The second kappa shape index (κ2) is 7.54. The quantitative estimate of drug-likeness (QED) is 0.822. The first-order valence-electron chi connectivity index (χ1n) is 7.19. The number of hydrogen-bond donors (Lipinski definition) is 0. The number of carbonyl (C=O) groups is 1. The Labute approximate surface area is 136 Å². The van der Waals surface area contributed by atoms with Gasteiger partial charge in [0.15, 0.2) is 0 Å². The Balaban J connectivity index is 2.17. The molecule has 122 valence electrons. The fourth-order valence-electron chi connectivity index (χ4n) is 2.29. The van der Waals surface area contributed by atoms with Crippen molar-refractivity contribution in [1.82, 2.24) is 4.90 Å². The fourth-order valence-corrected chi connectivity index (χ4v) is 2.29. The van der Waals surface area contributed by atoms with Crippen molar-refractivity contribution in [2.75, 3.05) is 28.4 Å². The highest BCUT2D eigenvalue weighted by Gasteiger charge is 2.15. The number of carbonyl (C=O) groups excluding carboxylic acids is 1. The van der Waals surface area contributed by atoms with Gasteiger partial charge in [0.1, 0.15) is 17.2 Å². The van der Waals surface area contributed by atoms with E-state index in [4.69, 9.17) is 14.2 Å². The molecule has 5 nitrogen and oxygen atoms in total. The zero-order valence-electron chi connectivity index (χ0n) is 13.8. The maximum absolute atomic E-state index is 12.5. The summed E-state index contributed by atoms with van der Waals surface area (Å²) < 4.78 is 15.7. The molecule has 23 heavy (non-hydrogen) atoms. The minimum absolute atomic E-state index is 0.0817. The normalized spacial score (nSPS) is 10.1. The highest BCUT2D eigenvalue weighted by atomic mass is 16.5. The zero-order valence-corrected chi connectivity index (χ0v) is 13.8. The molecule has 5 heteroatoms. The van der Waals surface area contributed by atoms with Gasteiger partial charge in [0.05, 0.1) is 21.3 Å². The van der Waals surface area contributed by atoms with E-state index in [0.717, 1.165) is 5.56 Å². The Hall–Kier alpha value is -2.69. The number of benzene rings is 2. The molecule has 0 bridgehead atoms. The van der Waals surface area contributed by atoms with E-state index < -0.39 is 0 Å². The maximum Gasteiger partial charge on any atom is 0.254 e. The first kappa shape index (κ1) is 16.7. The van der Waals surface area contributed by atoms with E-state index in [9.17, 15) is 4.79 Å². The van der Waals surface area contributed by atoms with Crippen LogP contribution in [-0.2, 0) is 6.54 Å². The molecule has 0 spiro atoms. The number of nitrogens with zero attached hydrogens (tertiary/aromatic N) is 1. The molecule has 2 rings (SSSR count). The third-order valence-electron chi connectivity index (χ3n) is 3.57. The predicted octanol–water partition coefficient (Wildman–Crippen LogP) is 2.98. The Kier molecular flexibility index (Phi) is 5.46. The molecule has 1 amide bonds. The summed E-state index contributed by atoms with van der Waals surface area (Å²) in [5, 5.41) is 0.